The predicted octanol–water partition coefficient (Wildman–Crippen LogP) is 5.37. The van der Waals surface area contributed by atoms with E-state index in [9.17, 15) is 8.78 Å². The normalized spacial score (nSPS) is 17.6. The summed E-state index contributed by atoms with van der Waals surface area (Å²) in [5.74, 6) is -0.313. The van der Waals surface area contributed by atoms with E-state index < -0.39 is 11.6 Å². The van der Waals surface area contributed by atoms with E-state index in [1.807, 2.05) is 6.92 Å². The van der Waals surface area contributed by atoms with Crippen LogP contribution in [0.25, 0.3) is 33.5 Å². The highest BCUT2D eigenvalue weighted by Crippen LogP contribution is 2.38. The number of aromatic amines is 1. The van der Waals surface area contributed by atoms with Crippen molar-refractivity contribution in [2.75, 3.05) is 0 Å². The van der Waals surface area contributed by atoms with Gasteiger partial charge in [-0.15, -0.1) is 22.6 Å². The molecule has 1 aromatic carbocycles. The zero-order valence-corrected chi connectivity index (χ0v) is 20.6. The number of benzene rings is 1. The molecule has 0 spiro atoms. The van der Waals surface area contributed by atoms with Crippen LogP contribution in [-0.2, 0) is 0 Å². The summed E-state index contributed by atoms with van der Waals surface area (Å²) in [4.78, 5) is 4.69. The minimum atomic E-state index is -0.584. The lowest BCUT2D eigenvalue weighted by Crippen LogP contribution is -2.58. The summed E-state index contributed by atoms with van der Waals surface area (Å²) >= 11 is 0. The third-order valence-corrected chi connectivity index (χ3v) is 6.29. The van der Waals surface area contributed by atoms with Crippen LogP contribution in [0.3, 0.4) is 0 Å². The fourth-order valence-corrected chi connectivity index (χ4v) is 5.39. The van der Waals surface area contributed by atoms with Crippen molar-refractivity contribution in [3.05, 3.63) is 48.1 Å². The minimum absolute atomic E-state index is 0. The van der Waals surface area contributed by atoms with Gasteiger partial charge in [-0.25, -0.2) is 13.8 Å². The summed E-state index contributed by atoms with van der Waals surface area (Å²) in [5.41, 5.74) is 2.09. The third-order valence-electron chi connectivity index (χ3n) is 6.29. The van der Waals surface area contributed by atoms with Gasteiger partial charge in [-0.2, -0.15) is 5.10 Å². The second-order valence-electron chi connectivity index (χ2n) is 10.2. The summed E-state index contributed by atoms with van der Waals surface area (Å²) in [5, 5.41) is 18.8. The Hall–Kier alpha value is -2.91. The van der Waals surface area contributed by atoms with Gasteiger partial charge in [0.15, 0.2) is 5.65 Å². The van der Waals surface area contributed by atoms with Crippen molar-refractivity contribution in [3.8, 4) is 22.4 Å². The predicted molar refractivity (Wildman–Crippen MR) is 130 cm³/mol. The molecule has 0 saturated carbocycles. The van der Waals surface area contributed by atoms with E-state index in [0.717, 1.165) is 30.8 Å². The molecule has 34 heavy (non-hydrogen) atoms. The van der Waals surface area contributed by atoms with Crippen LogP contribution in [-0.4, -0.2) is 41.0 Å². The van der Waals surface area contributed by atoms with E-state index in [2.05, 4.69) is 58.0 Å². The lowest BCUT2D eigenvalue weighted by atomic mass is 9.79. The Morgan fingerprint density at radius 2 is 1.62 bits per heavy atom. The Bertz CT molecular complexity index is 1330. The Kier molecular flexibility index (Phi) is 5.98. The van der Waals surface area contributed by atoms with E-state index in [0.29, 0.717) is 16.7 Å². The molecule has 1 saturated heterocycles. The van der Waals surface area contributed by atoms with Crippen molar-refractivity contribution in [2.24, 2.45) is 0 Å². The smallest absolute Gasteiger partial charge is 0.182 e. The number of fused-ring (bicyclic) bond motifs is 1. The number of hydrogen-bond donors (Lipinski definition) is 2. The van der Waals surface area contributed by atoms with E-state index in [1.54, 1.807) is 6.07 Å². The molecular weight excluding hydrogens is 460 g/mol. The van der Waals surface area contributed by atoms with Crippen molar-refractivity contribution in [1.29, 1.82) is 0 Å². The molecule has 5 rings (SSSR count). The number of imidazole rings is 1. The summed E-state index contributed by atoms with van der Waals surface area (Å²) < 4.78 is 31.9. The van der Waals surface area contributed by atoms with Crippen molar-refractivity contribution in [2.45, 2.75) is 64.6 Å². The van der Waals surface area contributed by atoms with E-state index in [1.165, 1.54) is 12.4 Å². The highest BCUT2D eigenvalue weighted by Gasteiger charge is 2.39. The lowest BCUT2D eigenvalue weighted by molar-refractivity contribution is 0.133. The van der Waals surface area contributed by atoms with Gasteiger partial charge in [0.1, 0.15) is 23.0 Å². The van der Waals surface area contributed by atoms with Crippen LogP contribution in [0.4, 0.5) is 8.78 Å². The van der Waals surface area contributed by atoms with Gasteiger partial charge in [0.05, 0.1) is 11.9 Å². The number of aryl methyl sites for hydroxylation is 1. The first kappa shape index (κ1) is 24.2. The number of nitrogens with one attached hydrogen (secondary N) is 2. The average molecular weight is 488 g/mol. The first-order valence-electron chi connectivity index (χ1n) is 11.0. The fourth-order valence-electron chi connectivity index (χ4n) is 5.39. The number of hydrogen-bond acceptors (Lipinski definition) is 5. The fraction of sp³-hybridized carbons (Fsp3) is 0.417. The number of rotatable bonds is 3. The Balaban J connectivity index is 0.00000274. The number of nitrogens with zero attached hydrogens (tertiary/aromatic N) is 5. The molecular formula is C24H28ClF2N7. The van der Waals surface area contributed by atoms with Crippen molar-refractivity contribution < 1.29 is 8.78 Å². The standard InChI is InChI=1S/C24H27F2N7.ClH/c1-13-29-21-8-20(17-7-18(25)16(6-19(17)26)14-11-27-28-12-14)30-31-22(21)33(13)15-9-23(2,3)32-24(4,5)10-15;/h6-8,11-12,15,32H,9-10H2,1-5H3,(H,27,28);1H. The molecule has 3 aromatic heterocycles. The highest BCUT2D eigenvalue weighted by atomic mass is 35.5. The molecule has 0 atom stereocenters. The van der Waals surface area contributed by atoms with Crippen LogP contribution in [0.15, 0.2) is 30.6 Å². The second-order valence-corrected chi connectivity index (χ2v) is 10.2. The van der Waals surface area contributed by atoms with E-state index in [-0.39, 0.29) is 46.3 Å². The molecule has 1 aliphatic rings. The summed E-state index contributed by atoms with van der Waals surface area (Å²) in [6, 6.07) is 4.18. The van der Waals surface area contributed by atoms with Crippen LogP contribution in [0.5, 0.6) is 0 Å². The average Bonchev–Trinajstić information content (AvgIpc) is 3.33. The van der Waals surface area contributed by atoms with Crippen molar-refractivity contribution >= 4 is 23.6 Å². The van der Waals surface area contributed by atoms with Gasteiger partial charge in [0.25, 0.3) is 0 Å². The van der Waals surface area contributed by atoms with Crippen LogP contribution < -0.4 is 5.32 Å². The molecule has 4 aromatic rings. The second kappa shape index (κ2) is 8.39. The Morgan fingerprint density at radius 1 is 0.971 bits per heavy atom. The van der Waals surface area contributed by atoms with Crippen LogP contribution in [0.1, 0.15) is 52.4 Å². The molecule has 1 fully saturated rings. The van der Waals surface area contributed by atoms with Crippen LogP contribution >= 0.6 is 12.4 Å². The monoisotopic (exact) mass is 487 g/mol. The summed E-state index contributed by atoms with van der Waals surface area (Å²) in [6.45, 7) is 10.7. The summed E-state index contributed by atoms with van der Waals surface area (Å²) in [6.07, 6.45) is 4.80. The Morgan fingerprint density at radius 3 is 2.26 bits per heavy atom. The maximum Gasteiger partial charge on any atom is 0.182 e. The largest absolute Gasteiger partial charge is 0.308 e. The number of aromatic nitrogens is 6. The highest BCUT2D eigenvalue weighted by molar-refractivity contribution is 5.85. The molecule has 0 amide bonds. The van der Waals surface area contributed by atoms with Gasteiger partial charge < -0.3 is 9.88 Å². The molecule has 0 bridgehead atoms. The van der Waals surface area contributed by atoms with Gasteiger partial charge >= 0.3 is 0 Å². The summed E-state index contributed by atoms with van der Waals surface area (Å²) in [7, 11) is 0. The molecule has 0 aliphatic carbocycles. The number of H-pyrrole nitrogens is 1. The van der Waals surface area contributed by atoms with Gasteiger partial charge in [0.2, 0.25) is 0 Å². The first-order valence-corrected chi connectivity index (χ1v) is 11.0. The molecule has 7 nitrogen and oxygen atoms in total. The van der Waals surface area contributed by atoms with Gasteiger partial charge in [-0.1, -0.05) is 0 Å². The Labute approximate surface area is 202 Å². The maximum atomic E-state index is 15.0. The minimum Gasteiger partial charge on any atom is -0.308 e. The molecule has 0 unspecified atom stereocenters. The molecule has 180 valence electrons. The van der Waals surface area contributed by atoms with Gasteiger partial charge in [-0.3, -0.25) is 5.10 Å². The van der Waals surface area contributed by atoms with Crippen LogP contribution in [0.2, 0.25) is 0 Å². The van der Waals surface area contributed by atoms with Crippen LogP contribution in [0, 0.1) is 18.6 Å². The van der Waals surface area contributed by atoms with E-state index >= 15 is 0 Å². The topological polar surface area (TPSA) is 84.3 Å². The molecule has 0 radical (unpaired) electrons. The number of piperidine rings is 1. The molecule has 1 aliphatic heterocycles. The molecule has 4 heterocycles. The maximum absolute atomic E-state index is 15.0. The number of halogens is 3. The first-order chi connectivity index (χ1) is 15.5. The van der Waals surface area contributed by atoms with Crippen molar-refractivity contribution in [3.63, 3.8) is 0 Å². The van der Waals surface area contributed by atoms with Gasteiger partial charge in [0, 0.05) is 40.0 Å². The van der Waals surface area contributed by atoms with Gasteiger partial charge in [-0.05, 0) is 65.7 Å². The lowest BCUT2D eigenvalue weighted by Gasteiger charge is -2.47. The molecule has 2 N–H and O–H groups in total. The zero-order chi connectivity index (χ0) is 23.5. The zero-order valence-electron chi connectivity index (χ0n) is 19.8. The molecule has 10 heteroatoms. The van der Waals surface area contributed by atoms with Crippen molar-refractivity contribution in [1.82, 2.24) is 35.3 Å². The quantitative estimate of drug-likeness (QED) is 0.405. The van der Waals surface area contributed by atoms with E-state index in [4.69, 9.17) is 4.98 Å². The third kappa shape index (κ3) is 4.30. The SMILES string of the molecule is Cc1nc2cc(-c3cc(F)c(-c4cn[nH]c4)cc3F)nnc2n1C1CC(C)(C)NC(C)(C)C1.Cl.